The van der Waals surface area contributed by atoms with Gasteiger partial charge in [-0.1, -0.05) is 0 Å². The van der Waals surface area contributed by atoms with Gasteiger partial charge in [0.25, 0.3) is 5.91 Å². The number of methoxy groups -OCH3 is 1. The van der Waals surface area contributed by atoms with Crippen LogP contribution in [0.2, 0.25) is 0 Å². The second-order valence-electron chi connectivity index (χ2n) is 5.67. The number of rotatable bonds is 4. The summed E-state index contributed by atoms with van der Waals surface area (Å²) in [4.78, 5) is 12.8. The summed E-state index contributed by atoms with van der Waals surface area (Å²) >= 11 is 0. The summed E-state index contributed by atoms with van der Waals surface area (Å²) in [5.41, 5.74) is 2.55. The summed E-state index contributed by atoms with van der Waals surface area (Å²) in [6, 6.07) is 12.5. The van der Waals surface area contributed by atoms with Crippen molar-refractivity contribution in [3.8, 4) is 17.2 Å². The minimum Gasteiger partial charge on any atom is -0.497 e. The molecule has 0 atom stereocenters. The molecule has 0 bridgehead atoms. The van der Waals surface area contributed by atoms with Gasteiger partial charge in [-0.2, -0.15) is 0 Å². The maximum Gasteiger partial charge on any atom is 0.259 e. The highest BCUT2D eigenvalue weighted by Crippen LogP contribution is 2.30. The summed E-state index contributed by atoms with van der Waals surface area (Å²) < 4.78 is 16.1. The first kappa shape index (κ1) is 15.9. The van der Waals surface area contributed by atoms with Gasteiger partial charge in [0, 0.05) is 16.6 Å². The first-order valence-corrected chi connectivity index (χ1v) is 7.91. The van der Waals surface area contributed by atoms with Crippen molar-refractivity contribution in [2.45, 2.75) is 6.92 Å². The van der Waals surface area contributed by atoms with Crippen molar-refractivity contribution in [2.24, 2.45) is 0 Å². The number of carbonyl (C=O) groups excluding carboxylic acids is 1. The van der Waals surface area contributed by atoms with Gasteiger partial charge >= 0.3 is 0 Å². The zero-order valence-electron chi connectivity index (χ0n) is 14.1. The molecule has 0 fully saturated rings. The number of carbonyl (C=O) groups is 1. The predicted octanol–water partition coefficient (Wildman–Crippen LogP) is 4.05. The molecule has 4 rings (SSSR count). The summed E-state index contributed by atoms with van der Waals surface area (Å²) in [7, 11) is 1.58. The van der Waals surface area contributed by atoms with E-state index in [0.717, 1.165) is 5.56 Å². The van der Waals surface area contributed by atoms with Gasteiger partial charge in [0.2, 0.25) is 12.3 Å². The van der Waals surface area contributed by atoms with E-state index in [1.807, 2.05) is 0 Å². The van der Waals surface area contributed by atoms with Crippen LogP contribution in [-0.4, -0.2) is 23.2 Å². The Hall–Kier alpha value is -3.61. The molecule has 2 aromatic heterocycles. The number of aryl methyl sites for hydroxylation is 1. The molecule has 2 heterocycles. The summed E-state index contributed by atoms with van der Waals surface area (Å²) in [5.74, 6) is 1.39. The number of anilines is 1. The van der Waals surface area contributed by atoms with E-state index in [2.05, 4.69) is 15.5 Å². The molecule has 0 unspecified atom stereocenters. The summed E-state index contributed by atoms with van der Waals surface area (Å²) in [6.07, 6.45) is 1.27. The molecule has 0 aliphatic carbocycles. The van der Waals surface area contributed by atoms with Crippen LogP contribution in [0.25, 0.3) is 22.4 Å². The van der Waals surface area contributed by atoms with E-state index >= 15 is 0 Å². The lowest BCUT2D eigenvalue weighted by atomic mass is 10.1. The van der Waals surface area contributed by atoms with E-state index in [4.69, 9.17) is 13.6 Å². The van der Waals surface area contributed by atoms with Crippen molar-refractivity contribution in [1.82, 2.24) is 10.2 Å². The fourth-order valence-corrected chi connectivity index (χ4v) is 2.80. The average Bonchev–Trinajstić information content (AvgIpc) is 3.28. The lowest BCUT2D eigenvalue weighted by molar-refractivity contribution is 0.102. The number of amides is 1. The molecule has 1 N–H and O–H groups in total. The molecule has 26 heavy (non-hydrogen) atoms. The number of furan rings is 1. The molecule has 1 amide bonds. The van der Waals surface area contributed by atoms with E-state index in [-0.39, 0.29) is 5.91 Å². The number of nitrogens with one attached hydrogen (secondary N) is 1. The van der Waals surface area contributed by atoms with Gasteiger partial charge in [0.1, 0.15) is 17.1 Å². The molecule has 0 saturated heterocycles. The third kappa shape index (κ3) is 2.79. The van der Waals surface area contributed by atoms with Crippen LogP contribution in [0.1, 0.15) is 16.1 Å². The largest absolute Gasteiger partial charge is 0.497 e. The quantitative estimate of drug-likeness (QED) is 0.598. The summed E-state index contributed by atoms with van der Waals surface area (Å²) in [6.45, 7) is 1.76. The molecular formula is C19H15N3O4. The SMILES string of the molecule is COc1ccc2oc(C)c(C(=O)Nc3ccc(-c4nnco4)cc3)c2c1. The third-order valence-corrected chi connectivity index (χ3v) is 4.05. The first-order valence-electron chi connectivity index (χ1n) is 7.91. The Morgan fingerprint density at radius 1 is 1.15 bits per heavy atom. The Bertz CT molecular complexity index is 1070. The second-order valence-corrected chi connectivity index (χ2v) is 5.67. The Labute approximate surface area is 148 Å². The average molecular weight is 349 g/mol. The van der Waals surface area contributed by atoms with Crippen molar-refractivity contribution >= 4 is 22.6 Å². The number of nitrogens with zero attached hydrogens (tertiary/aromatic N) is 2. The Kier molecular flexibility index (Phi) is 3.89. The van der Waals surface area contributed by atoms with E-state index in [1.54, 1.807) is 56.5 Å². The van der Waals surface area contributed by atoms with Gasteiger partial charge in [-0.05, 0) is 49.4 Å². The van der Waals surface area contributed by atoms with Crippen molar-refractivity contribution in [3.63, 3.8) is 0 Å². The van der Waals surface area contributed by atoms with Crippen molar-refractivity contribution in [1.29, 1.82) is 0 Å². The topological polar surface area (TPSA) is 90.4 Å². The van der Waals surface area contributed by atoms with E-state index in [1.165, 1.54) is 6.39 Å². The minimum atomic E-state index is -0.250. The number of hydrogen-bond donors (Lipinski definition) is 1. The maximum absolute atomic E-state index is 12.8. The van der Waals surface area contributed by atoms with Gasteiger partial charge in [0.05, 0.1) is 12.7 Å². The fraction of sp³-hybridized carbons (Fsp3) is 0.105. The van der Waals surface area contributed by atoms with Crippen LogP contribution < -0.4 is 10.1 Å². The highest BCUT2D eigenvalue weighted by molar-refractivity contribution is 6.13. The van der Waals surface area contributed by atoms with Gasteiger partial charge in [-0.25, -0.2) is 0 Å². The normalized spacial score (nSPS) is 10.8. The monoisotopic (exact) mass is 349 g/mol. The Morgan fingerprint density at radius 3 is 2.65 bits per heavy atom. The van der Waals surface area contributed by atoms with Crippen molar-refractivity contribution < 1.29 is 18.4 Å². The van der Waals surface area contributed by atoms with Gasteiger partial charge in [-0.3, -0.25) is 4.79 Å². The fourth-order valence-electron chi connectivity index (χ4n) is 2.80. The molecule has 2 aromatic carbocycles. The highest BCUT2D eigenvalue weighted by atomic mass is 16.5. The predicted molar refractivity (Wildman–Crippen MR) is 95.2 cm³/mol. The van der Waals surface area contributed by atoms with Crippen LogP contribution >= 0.6 is 0 Å². The zero-order valence-corrected chi connectivity index (χ0v) is 14.1. The van der Waals surface area contributed by atoms with E-state index in [0.29, 0.717) is 39.6 Å². The number of ether oxygens (including phenoxy) is 1. The molecule has 0 radical (unpaired) electrons. The standard InChI is InChI=1S/C19H15N3O4/c1-11-17(15-9-14(24-2)7-8-16(15)26-11)18(23)21-13-5-3-12(4-6-13)19-22-20-10-25-19/h3-10H,1-2H3,(H,21,23). The lowest BCUT2D eigenvalue weighted by Crippen LogP contribution is -2.12. The smallest absolute Gasteiger partial charge is 0.259 e. The van der Waals surface area contributed by atoms with Crippen LogP contribution in [0.4, 0.5) is 5.69 Å². The van der Waals surface area contributed by atoms with Crippen LogP contribution in [0.3, 0.4) is 0 Å². The maximum atomic E-state index is 12.8. The summed E-state index contributed by atoms with van der Waals surface area (Å²) in [5, 5.41) is 11.1. The molecule has 0 spiro atoms. The van der Waals surface area contributed by atoms with Crippen LogP contribution in [0.15, 0.2) is 57.7 Å². The van der Waals surface area contributed by atoms with Crippen LogP contribution in [0.5, 0.6) is 5.75 Å². The first-order chi connectivity index (χ1) is 12.7. The highest BCUT2D eigenvalue weighted by Gasteiger charge is 2.19. The number of hydrogen-bond acceptors (Lipinski definition) is 6. The van der Waals surface area contributed by atoms with Crippen LogP contribution in [0, 0.1) is 6.92 Å². The lowest BCUT2D eigenvalue weighted by Gasteiger charge is -2.06. The van der Waals surface area contributed by atoms with E-state index < -0.39 is 0 Å². The van der Waals surface area contributed by atoms with Crippen molar-refractivity contribution in [3.05, 3.63) is 60.2 Å². The zero-order chi connectivity index (χ0) is 18.1. The molecule has 0 aliphatic heterocycles. The second kappa shape index (κ2) is 6.36. The number of benzene rings is 2. The molecule has 0 saturated carbocycles. The number of aromatic nitrogens is 2. The van der Waals surface area contributed by atoms with Gasteiger partial charge in [-0.15, -0.1) is 10.2 Å². The Morgan fingerprint density at radius 2 is 1.96 bits per heavy atom. The molecule has 4 aromatic rings. The minimum absolute atomic E-state index is 0.250. The Balaban J connectivity index is 1.62. The molecular weight excluding hydrogens is 334 g/mol. The molecule has 7 heteroatoms. The molecule has 0 aliphatic rings. The van der Waals surface area contributed by atoms with E-state index in [9.17, 15) is 4.79 Å². The molecule has 7 nitrogen and oxygen atoms in total. The molecule has 130 valence electrons. The van der Waals surface area contributed by atoms with Gasteiger partial charge in [0.15, 0.2) is 0 Å². The van der Waals surface area contributed by atoms with Gasteiger partial charge < -0.3 is 18.9 Å². The third-order valence-electron chi connectivity index (χ3n) is 4.05. The van der Waals surface area contributed by atoms with Crippen molar-refractivity contribution in [2.75, 3.05) is 12.4 Å². The van der Waals surface area contributed by atoms with Crippen LogP contribution in [-0.2, 0) is 0 Å². The number of fused-ring (bicyclic) bond motifs is 1.